The zero-order chi connectivity index (χ0) is 11.4. The molecule has 0 bridgehead atoms. The quantitative estimate of drug-likeness (QED) is 0.785. The minimum Gasteiger partial charge on any atom is -0.394 e. The van der Waals surface area contributed by atoms with Crippen molar-refractivity contribution in [3.05, 3.63) is 27.7 Å². The normalized spacial score (nSPS) is 12.6. The average molecular weight is 274 g/mol. The van der Waals surface area contributed by atoms with E-state index < -0.39 is 6.10 Å². The van der Waals surface area contributed by atoms with Gasteiger partial charge >= 0.3 is 0 Å². The van der Waals surface area contributed by atoms with Crippen LogP contribution in [0.25, 0.3) is 0 Å². The van der Waals surface area contributed by atoms with E-state index >= 15 is 0 Å². The molecule has 1 atom stereocenters. The number of hydrogen-bond donors (Lipinski definition) is 3. The third kappa shape index (κ3) is 3.48. The number of halogens is 1. The standard InChI is InChI=1S/C11H16BrNO2/c1-7-3-8(2)11(10(12)4-7)13-5-9(15)6-14/h3-4,9,13-15H,5-6H2,1-2H3. The second-order valence-corrected chi connectivity index (χ2v) is 4.51. The molecule has 0 saturated heterocycles. The fourth-order valence-corrected chi connectivity index (χ4v) is 2.24. The Hall–Kier alpha value is -0.580. The molecule has 0 amide bonds. The molecule has 3 nitrogen and oxygen atoms in total. The van der Waals surface area contributed by atoms with Gasteiger partial charge in [0.05, 0.1) is 18.4 Å². The lowest BCUT2D eigenvalue weighted by Crippen LogP contribution is -2.23. The summed E-state index contributed by atoms with van der Waals surface area (Å²) in [7, 11) is 0. The largest absolute Gasteiger partial charge is 0.394 e. The van der Waals surface area contributed by atoms with E-state index in [1.165, 1.54) is 5.56 Å². The summed E-state index contributed by atoms with van der Waals surface area (Å²) in [4.78, 5) is 0. The van der Waals surface area contributed by atoms with Gasteiger partial charge in [0.1, 0.15) is 0 Å². The van der Waals surface area contributed by atoms with Gasteiger partial charge in [-0.3, -0.25) is 0 Å². The van der Waals surface area contributed by atoms with Crippen LogP contribution in [0, 0.1) is 13.8 Å². The van der Waals surface area contributed by atoms with E-state index in [0.717, 1.165) is 15.7 Å². The topological polar surface area (TPSA) is 52.5 Å². The Morgan fingerprint density at radius 3 is 2.60 bits per heavy atom. The maximum Gasteiger partial charge on any atom is 0.0942 e. The van der Waals surface area contributed by atoms with E-state index in [-0.39, 0.29) is 6.61 Å². The summed E-state index contributed by atoms with van der Waals surface area (Å²) in [5, 5.41) is 21.0. The van der Waals surface area contributed by atoms with Crippen LogP contribution >= 0.6 is 15.9 Å². The van der Waals surface area contributed by atoms with E-state index in [1.807, 2.05) is 19.9 Å². The van der Waals surface area contributed by atoms with Crippen molar-refractivity contribution >= 4 is 21.6 Å². The molecule has 3 N–H and O–H groups in total. The predicted octanol–water partition coefficient (Wildman–Crippen LogP) is 1.83. The molecule has 0 spiro atoms. The van der Waals surface area contributed by atoms with E-state index in [2.05, 4.69) is 27.3 Å². The SMILES string of the molecule is Cc1cc(C)c(NCC(O)CO)c(Br)c1. The summed E-state index contributed by atoms with van der Waals surface area (Å²) in [6, 6.07) is 4.08. The van der Waals surface area contributed by atoms with E-state index in [9.17, 15) is 5.11 Å². The van der Waals surface area contributed by atoms with Crippen LogP contribution in [-0.2, 0) is 0 Å². The van der Waals surface area contributed by atoms with Gasteiger partial charge in [0.15, 0.2) is 0 Å². The van der Waals surface area contributed by atoms with Gasteiger partial charge in [-0.2, -0.15) is 0 Å². The molecular weight excluding hydrogens is 258 g/mol. The Morgan fingerprint density at radius 1 is 1.40 bits per heavy atom. The number of hydrogen-bond acceptors (Lipinski definition) is 3. The van der Waals surface area contributed by atoms with Crippen LogP contribution in [0.5, 0.6) is 0 Å². The fraction of sp³-hybridized carbons (Fsp3) is 0.455. The average Bonchev–Trinajstić information content (AvgIpc) is 2.15. The van der Waals surface area contributed by atoms with Crippen LogP contribution in [0.3, 0.4) is 0 Å². The summed E-state index contributed by atoms with van der Waals surface area (Å²) in [5.41, 5.74) is 3.27. The molecule has 0 fully saturated rings. The van der Waals surface area contributed by atoms with Gasteiger partial charge in [-0.1, -0.05) is 6.07 Å². The molecule has 15 heavy (non-hydrogen) atoms. The zero-order valence-corrected chi connectivity index (χ0v) is 10.5. The van der Waals surface area contributed by atoms with Crippen molar-refractivity contribution in [2.45, 2.75) is 20.0 Å². The van der Waals surface area contributed by atoms with Crippen LogP contribution < -0.4 is 5.32 Å². The van der Waals surface area contributed by atoms with Crippen molar-refractivity contribution < 1.29 is 10.2 Å². The number of anilines is 1. The van der Waals surface area contributed by atoms with Crippen molar-refractivity contribution in [2.24, 2.45) is 0 Å². The highest BCUT2D eigenvalue weighted by Gasteiger charge is 2.07. The van der Waals surface area contributed by atoms with Gasteiger partial charge < -0.3 is 15.5 Å². The smallest absolute Gasteiger partial charge is 0.0942 e. The molecule has 84 valence electrons. The summed E-state index contributed by atoms with van der Waals surface area (Å²) in [6.45, 7) is 4.16. The first kappa shape index (κ1) is 12.5. The summed E-state index contributed by atoms with van der Waals surface area (Å²) < 4.78 is 0.977. The second-order valence-electron chi connectivity index (χ2n) is 3.66. The Bertz CT molecular complexity index is 318. The van der Waals surface area contributed by atoms with Crippen LogP contribution in [-0.4, -0.2) is 29.5 Å². The van der Waals surface area contributed by atoms with E-state index in [0.29, 0.717) is 6.54 Å². The van der Waals surface area contributed by atoms with Crippen LogP contribution in [0.15, 0.2) is 16.6 Å². The summed E-state index contributed by atoms with van der Waals surface area (Å²) >= 11 is 3.46. The molecule has 0 aliphatic heterocycles. The molecule has 0 aromatic heterocycles. The number of rotatable bonds is 4. The predicted molar refractivity (Wildman–Crippen MR) is 65.2 cm³/mol. The highest BCUT2D eigenvalue weighted by Crippen LogP contribution is 2.27. The lowest BCUT2D eigenvalue weighted by atomic mass is 10.1. The van der Waals surface area contributed by atoms with E-state index in [1.54, 1.807) is 0 Å². The molecule has 1 aromatic carbocycles. The van der Waals surface area contributed by atoms with Crippen molar-refractivity contribution in [3.63, 3.8) is 0 Å². The van der Waals surface area contributed by atoms with Gasteiger partial charge in [0, 0.05) is 11.0 Å². The number of aryl methyl sites for hydroxylation is 2. The van der Waals surface area contributed by atoms with Gasteiger partial charge in [-0.25, -0.2) is 0 Å². The Kier molecular flexibility index (Phi) is 4.57. The molecule has 1 unspecified atom stereocenters. The van der Waals surface area contributed by atoms with Gasteiger partial charge in [0.25, 0.3) is 0 Å². The highest BCUT2D eigenvalue weighted by atomic mass is 79.9. The molecule has 0 saturated carbocycles. The molecule has 1 aromatic rings. The number of benzene rings is 1. The Morgan fingerprint density at radius 2 is 2.07 bits per heavy atom. The van der Waals surface area contributed by atoms with Crippen molar-refractivity contribution in [1.82, 2.24) is 0 Å². The maximum absolute atomic E-state index is 9.23. The molecule has 0 radical (unpaired) electrons. The molecule has 0 aliphatic carbocycles. The van der Waals surface area contributed by atoms with Crippen LogP contribution in [0.2, 0.25) is 0 Å². The van der Waals surface area contributed by atoms with Crippen molar-refractivity contribution in [3.8, 4) is 0 Å². The number of aliphatic hydroxyl groups excluding tert-OH is 2. The fourth-order valence-electron chi connectivity index (χ4n) is 1.42. The third-order valence-electron chi connectivity index (χ3n) is 2.16. The first-order valence-electron chi connectivity index (χ1n) is 4.84. The lowest BCUT2D eigenvalue weighted by Gasteiger charge is -2.14. The molecular formula is C11H16BrNO2. The molecule has 0 aliphatic rings. The monoisotopic (exact) mass is 273 g/mol. The third-order valence-corrected chi connectivity index (χ3v) is 2.78. The van der Waals surface area contributed by atoms with Gasteiger partial charge in [-0.05, 0) is 47.0 Å². The first-order chi connectivity index (χ1) is 7.04. The first-order valence-corrected chi connectivity index (χ1v) is 5.63. The lowest BCUT2D eigenvalue weighted by molar-refractivity contribution is 0.105. The van der Waals surface area contributed by atoms with E-state index in [4.69, 9.17) is 5.11 Å². The van der Waals surface area contributed by atoms with Crippen molar-refractivity contribution in [1.29, 1.82) is 0 Å². The zero-order valence-electron chi connectivity index (χ0n) is 8.92. The minimum atomic E-state index is -0.724. The highest BCUT2D eigenvalue weighted by molar-refractivity contribution is 9.10. The molecule has 0 heterocycles. The van der Waals surface area contributed by atoms with Gasteiger partial charge in [0.2, 0.25) is 0 Å². The summed E-state index contributed by atoms with van der Waals surface area (Å²) in [6.07, 6.45) is -0.724. The molecule has 1 rings (SSSR count). The Labute approximate surface area is 98.3 Å². The number of aliphatic hydroxyl groups is 2. The Balaban J connectivity index is 2.77. The maximum atomic E-state index is 9.23. The summed E-state index contributed by atoms with van der Waals surface area (Å²) in [5.74, 6) is 0. The minimum absolute atomic E-state index is 0.227. The van der Waals surface area contributed by atoms with Gasteiger partial charge in [-0.15, -0.1) is 0 Å². The molecule has 4 heteroatoms. The second kappa shape index (κ2) is 5.49. The van der Waals surface area contributed by atoms with Crippen LogP contribution in [0.4, 0.5) is 5.69 Å². The van der Waals surface area contributed by atoms with Crippen LogP contribution in [0.1, 0.15) is 11.1 Å². The number of nitrogens with one attached hydrogen (secondary N) is 1. The van der Waals surface area contributed by atoms with Crippen molar-refractivity contribution in [2.75, 3.05) is 18.5 Å².